The Bertz CT molecular complexity index is 617. The highest BCUT2D eigenvalue weighted by molar-refractivity contribution is 6.17. The standard InChI is InChI=1S/C18H33ClN6O5/c1-18(2,3)30-17(27)22-14(5-4-10-21-16(20)23-25(28)29)15(26)24-11-7-13(6-9-19)8-12-24/h13-14H,4-12H2,1-3H3,(H,22,27)(H3,20,21,23)/t14-/m0/s1. The molecule has 0 aromatic rings. The van der Waals surface area contributed by atoms with Gasteiger partial charge in [0.1, 0.15) is 11.6 Å². The lowest BCUT2D eigenvalue weighted by molar-refractivity contribution is -0.525. The Balaban J connectivity index is 2.68. The molecule has 0 saturated carbocycles. The fourth-order valence-corrected chi connectivity index (χ4v) is 3.46. The van der Waals surface area contributed by atoms with Crippen molar-refractivity contribution >= 4 is 29.6 Å². The van der Waals surface area contributed by atoms with Crippen molar-refractivity contribution in [1.29, 1.82) is 0 Å². The highest BCUT2D eigenvalue weighted by atomic mass is 35.5. The van der Waals surface area contributed by atoms with E-state index in [0.717, 1.165) is 19.3 Å². The second kappa shape index (κ2) is 12.4. The molecule has 1 aliphatic rings. The Labute approximate surface area is 181 Å². The first-order chi connectivity index (χ1) is 14.0. The molecular formula is C18H33ClN6O5. The summed E-state index contributed by atoms with van der Waals surface area (Å²) in [6, 6.07) is -0.774. The second-order valence-electron chi connectivity index (χ2n) is 8.22. The number of nitro groups is 1. The molecule has 1 heterocycles. The van der Waals surface area contributed by atoms with E-state index in [9.17, 15) is 19.7 Å². The fourth-order valence-electron chi connectivity index (χ4n) is 3.15. The van der Waals surface area contributed by atoms with Gasteiger partial charge in [0.05, 0.1) is 0 Å². The maximum atomic E-state index is 13.0. The predicted octanol–water partition coefficient (Wildman–Crippen LogP) is 1.62. The van der Waals surface area contributed by atoms with Crippen molar-refractivity contribution in [3.8, 4) is 0 Å². The third-order valence-electron chi connectivity index (χ3n) is 4.57. The second-order valence-corrected chi connectivity index (χ2v) is 8.60. The summed E-state index contributed by atoms with van der Waals surface area (Å²) in [7, 11) is 0. The molecule has 11 nitrogen and oxygen atoms in total. The van der Waals surface area contributed by atoms with Crippen LogP contribution in [0.15, 0.2) is 4.99 Å². The van der Waals surface area contributed by atoms with Crippen molar-refractivity contribution < 1.29 is 19.4 Å². The molecule has 4 N–H and O–H groups in total. The lowest BCUT2D eigenvalue weighted by atomic mass is 9.94. The van der Waals surface area contributed by atoms with Gasteiger partial charge in [0, 0.05) is 25.5 Å². The zero-order valence-corrected chi connectivity index (χ0v) is 18.6. The number of hydrazine groups is 1. The molecule has 1 aliphatic heterocycles. The largest absolute Gasteiger partial charge is 0.444 e. The lowest BCUT2D eigenvalue weighted by Crippen LogP contribution is -2.51. The van der Waals surface area contributed by atoms with E-state index >= 15 is 0 Å². The molecule has 30 heavy (non-hydrogen) atoms. The number of nitrogens with two attached hydrogens (primary N) is 1. The molecular weight excluding hydrogens is 416 g/mol. The minimum Gasteiger partial charge on any atom is -0.444 e. The van der Waals surface area contributed by atoms with Crippen molar-refractivity contribution in [2.24, 2.45) is 16.6 Å². The first-order valence-electron chi connectivity index (χ1n) is 10.1. The monoisotopic (exact) mass is 448 g/mol. The highest BCUT2D eigenvalue weighted by Crippen LogP contribution is 2.22. The molecule has 12 heteroatoms. The van der Waals surface area contributed by atoms with Crippen molar-refractivity contribution in [1.82, 2.24) is 15.6 Å². The van der Waals surface area contributed by atoms with E-state index < -0.39 is 22.8 Å². The Morgan fingerprint density at radius 3 is 2.53 bits per heavy atom. The van der Waals surface area contributed by atoms with E-state index in [4.69, 9.17) is 22.1 Å². The first kappa shape index (κ1) is 25.7. The lowest BCUT2D eigenvalue weighted by Gasteiger charge is -2.34. The summed E-state index contributed by atoms with van der Waals surface area (Å²) in [6.45, 7) is 6.63. The molecule has 0 aromatic carbocycles. The van der Waals surface area contributed by atoms with Gasteiger partial charge in [-0.15, -0.1) is 11.6 Å². The van der Waals surface area contributed by atoms with Crippen LogP contribution in [0.25, 0.3) is 0 Å². The number of carbonyl (C=O) groups excluding carboxylic acids is 2. The number of likely N-dealkylation sites (tertiary alicyclic amines) is 1. The summed E-state index contributed by atoms with van der Waals surface area (Å²) in [6.07, 6.45) is 2.72. The van der Waals surface area contributed by atoms with Gasteiger partial charge >= 0.3 is 6.09 Å². The van der Waals surface area contributed by atoms with Gasteiger partial charge in [-0.3, -0.25) is 4.79 Å². The minimum atomic E-state index is -0.803. The summed E-state index contributed by atoms with van der Waals surface area (Å²) < 4.78 is 5.28. The molecule has 0 unspecified atom stereocenters. The van der Waals surface area contributed by atoms with Gasteiger partial charge in [-0.1, -0.05) is 5.43 Å². The molecule has 0 spiro atoms. The average molecular weight is 449 g/mol. The number of nitrogens with zero attached hydrogens (tertiary/aromatic N) is 3. The van der Waals surface area contributed by atoms with Crippen LogP contribution in [0.2, 0.25) is 0 Å². The Morgan fingerprint density at radius 2 is 2.00 bits per heavy atom. The fraction of sp³-hybridized carbons (Fsp3) is 0.833. The Kier molecular flexibility index (Phi) is 10.6. The predicted molar refractivity (Wildman–Crippen MR) is 114 cm³/mol. The number of halogens is 1. The van der Waals surface area contributed by atoms with Crippen molar-refractivity contribution in [3.05, 3.63) is 10.1 Å². The van der Waals surface area contributed by atoms with E-state index in [-0.39, 0.29) is 18.4 Å². The third kappa shape index (κ3) is 10.5. The molecule has 172 valence electrons. The average Bonchev–Trinajstić information content (AvgIpc) is 2.62. The molecule has 2 amide bonds. The molecule has 0 radical (unpaired) electrons. The summed E-state index contributed by atoms with van der Waals surface area (Å²) in [5, 5.41) is 12.2. The Morgan fingerprint density at radius 1 is 1.37 bits per heavy atom. The van der Waals surface area contributed by atoms with Gasteiger partial charge in [0.25, 0.3) is 5.96 Å². The topological polar surface area (TPSA) is 152 Å². The van der Waals surface area contributed by atoms with Gasteiger partial charge in [-0.05, 0) is 58.8 Å². The maximum Gasteiger partial charge on any atom is 0.408 e. The normalized spacial score (nSPS) is 16.7. The first-order valence-corrected chi connectivity index (χ1v) is 10.6. The van der Waals surface area contributed by atoms with E-state index in [2.05, 4.69) is 10.3 Å². The molecule has 1 atom stereocenters. The zero-order chi connectivity index (χ0) is 22.7. The number of ether oxygens (including phenoxy) is 1. The van der Waals surface area contributed by atoms with E-state index in [1.165, 1.54) is 0 Å². The van der Waals surface area contributed by atoms with Crippen molar-refractivity contribution in [2.75, 3.05) is 25.5 Å². The van der Waals surface area contributed by atoms with E-state index in [1.54, 1.807) is 31.1 Å². The number of aliphatic imine (C=N–C) groups is 1. The SMILES string of the molecule is CC(C)(C)OC(=O)N[C@@H](CCCN=C(N)N[N+](=O)[O-])C(=O)N1CCC(CCCl)CC1. The van der Waals surface area contributed by atoms with Crippen molar-refractivity contribution in [3.63, 3.8) is 0 Å². The van der Waals surface area contributed by atoms with Crippen LogP contribution in [0.3, 0.4) is 0 Å². The van der Waals surface area contributed by atoms with Crippen molar-refractivity contribution in [2.45, 2.75) is 64.5 Å². The molecule has 0 aliphatic carbocycles. The number of hydrogen-bond acceptors (Lipinski definition) is 6. The number of piperidine rings is 1. The van der Waals surface area contributed by atoms with Crippen LogP contribution >= 0.6 is 11.6 Å². The molecule has 0 bridgehead atoms. The van der Waals surface area contributed by atoms with Gasteiger partial charge in [-0.2, -0.15) is 0 Å². The molecule has 1 rings (SSSR count). The van der Waals surface area contributed by atoms with Crippen LogP contribution in [-0.2, 0) is 9.53 Å². The van der Waals surface area contributed by atoms with Gasteiger partial charge in [0.15, 0.2) is 5.03 Å². The van der Waals surface area contributed by atoms with Crippen LogP contribution in [0.1, 0.15) is 52.9 Å². The number of rotatable bonds is 9. The number of nitrogens with one attached hydrogen (secondary N) is 2. The van der Waals surface area contributed by atoms with E-state index in [1.807, 2.05) is 0 Å². The summed E-state index contributed by atoms with van der Waals surface area (Å²) in [5.41, 5.74) is 6.44. The summed E-state index contributed by atoms with van der Waals surface area (Å²) >= 11 is 5.81. The van der Waals surface area contributed by atoms with Crippen LogP contribution < -0.4 is 16.5 Å². The van der Waals surface area contributed by atoms with Crippen LogP contribution in [0.5, 0.6) is 0 Å². The Hall–Kier alpha value is -2.30. The number of carbonyl (C=O) groups is 2. The van der Waals surface area contributed by atoms with E-state index in [0.29, 0.717) is 37.7 Å². The quantitative estimate of drug-likeness (QED) is 0.121. The zero-order valence-electron chi connectivity index (χ0n) is 17.9. The van der Waals surface area contributed by atoms with Crippen LogP contribution in [-0.4, -0.2) is 65.0 Å². The summed E-state index contributed by atoms with van der Waals surface area (Å²) in [5.74, 6) is 0.626. The summed E-state index contributed by atoms with van der Waals surface area (Å²) in [4.78, 5) is 41.1. The highest BCUT2D eigenvalue weighted by Gasteiger charge is 2.30. The molecule has 0 aromatic heterocycles. The smallest absolute Gasteiger partial charge is 0.408 e. The number of guanidine groups is 1. The number of alkyl halides is 1. The number of amides is 2. The number of hydrogen-bond donors (Lipinski definition) is 3. The molecule has 1 fully saturated rings. The maximum absolute atomic E-state index is 13.0. The minimum absolute atomic E-state index is 0.171. The third-order valence-corrected chi connectivity index (χ3v) is 4.79. The van der Waals surface area contributed by atoms with Gasteiger partial charge in [0.2, 0.25) is 5.91 Å². The van der Waals surface area contributed by atoms with Crippen LogP contribution in [0.4, 0.5) is 4.79 Å². The van der Waals surface area contributed by atoms with Crippen LogP contribution in [0, 0.1) is 16.0 Å². The van der Waals surface area contributed by atoms with Gasteiger partial charge in [-0.25, -0.2) is 19.9 Å². The number of alkyl carbamates (subject to hydrolysis) is 1. The molecule has 1 saturated heterocycles. The van der Waals surface area contributed by atoms with Gasteiger partial charge < -0.3 is 20.7 Å².